The lowest BCUT2D eigenvalue weighted by Crippen LogP contribution is -2.59. The Morgan fingerprint density at radius 3 is 2.57 bits per heavy atom. The van der Waals surface area contributed by atoms with Crippen LogP contribution in [0.2, 0.25) is 0 Å². The first-order valence-electron chi connectivity index (χ1n) is 8.22. The third kappa shape index (κ3) is 4.00. The van der Waals surface area contributed by atoms with Crippen LogP contribution >= 0.6 is 12.2 Å². The first-order valence-corrected chi connectivity index (χ1v) is 8.63. The first kappa shape index (κ1) is 16.2. The minimum Gasteiger partial charge on any atom is -0.494 e. The van der Waals surface area contributed by atoms with E-state index in [0.717, 1.165) is 12.3 Å². The molecule has 5 nitrogen and oxygen atoms in total. The van der Waals surface area contributed by atoms with Crippen LogP contribution in [0, 0.1) is 5.92 Å². The molecule has 1 atom stereocenters. The molecule has 1 aromatic rings. The number of hydrogen-bond acceptors (Lipinski definition) is 4. The summed E-state index contributed by atoms with van der Waals surface area (Å²) in [4.78, 5) is 14.7. The topological polar surface area (TPSA) is 53.6 Å². The highest BCUT2D eigenvalue weighted by Gasteiger charge is 2.34. The summed E-state index contributed by atoms with van der Waals surface area (Å²) in [6, 6.07) is 7.43. The van der Waals surface area contributed by atoms with E-state index < -0.39 is 0 Å². The number of thiocarbonyl (C=S) groups is 1. The fourth-order valence-electron chi connectivity index (χ4n) is 3.38. The van der Waals surface area contributed by atoms with Gasteiger partial charge in [-0.3, -0.25) is 10.1 Å². The number of fused-ring (bicyclic) bond motifs is 3. The molecule has 2 bridgehead atoms. The predicted molar refractivity (Wildman–Crippen MR) is 93.8 cm³/mol. The maximum Gasteiger partial charge on any atom is 0.257 e. The molecule has 6 heteroatoms. The second kappa shape index (κ2) is 7.27. The van der Waals surface area contributed by atoms with Crippen molar-refractivity contribution >= 4 is 23.2 Å². The third-order valence-electron chi connectivity index (χ3n) is 4.63. The van der Waals surface area contributed by atoms with Gasteiger partial charge in [0.05, 0.1) is 6.61 Å². The van der Waals surface area contributed by atoms with Gasteiger partial charge >= 0.3 is 0 Å². The van der Waals surface area contributed by atoms with Crippen LogP contribution < -0.4 is 15.4 Å². The van der Waals surface area contributed by atoms with Crippen molar-refractivity contribution in [3.8, 4) is 5.75 Å². The number of carbonyl (C=O) groups excluding carboxylic acids is 1. The number of ether oxygens (including phenoxy) is 1. The van der Waals surface area contributed by atoms with Crippen LogP contribution in [0.1, 0.15) is 30.1 Å². The van der Waals surface area contributed by atoms with Crippen LogP contribution in [0.5, 0.6) is 5.75 Å². The molecule has 124 valence electrons. The Labute approximate surface area is 142 Å². The van der Waals surface area contributed by atoms with Gasteiger partial charge in [0.25, 0.3) is 5.91 Å². The maximum atomic E-state index is 12.2. The average Bonchev–Trinajstić information content (AvgIpc) is 2.56. The molecule has 0 aliphatic carbocycles. The molecule has 3 aliphatic rings. The summed E-state index contributed by atoms with van der Waals surface area (Å²) in [6.07, 6.45) is 2.43. The third-order valence-corrected chi connectivity index (χ3v) is 4.85. The number of nitrogens with one attached hydrogen (secondary N) is 2. The van der Waals surface area contributed by atoms with E-state index in [9.17, 15) is 4.79 Å². The molecule has 3 saturated heterocycles. The standard InChI is InChI=1S/C17H23N3O2S/c1-2-22-14-5-3-13(4-6-14)16(21)19-17(23)18-15-11-20-9-7-12(15)8-10-20/h3-6,12,15H,2,7-11H2,1H3,(H2,18,19,21,23). The summed E-state index contributed by atoms with van der Waals surface area (Å²) in [5, 5.41) is 6.51. The highest BCUT2D eigenvalue weighted by atomic mass is 32.1. The summed E-state index contributed by atoms with van der Waals surface area (Å²) in [5.74, 6) is 1.24. The average molecular weight is 333 g/mol. The second-order valence-electron chi connectivity index (χ2n) is 6.13. The molecule has 0 aromatic heterocycles. The smallest absolute Gasteiger partial charge is 0.257 e. The van der Waals surface area contributed by atoms with Gasteiger partial charge in [0, 0.05) is 18.2 Å². The van der Waals surface area contributed by atoms with Crippen molar-refractivity contribution in [2.45, 2.75) is 25.8 Å². The minimum atomic E-state index is -0.188. The molecule has 1 amide bonds. The fraction of sp³-hybridized carbons (Fsp3) is 0.529. The van der Waals surface area contributed by atoms with Gasteiger partial charge in [-0.15, -0.1) is 0 Å². The van der Waals surface area contributed by atoms with Gasteiger partial charge in [-0.05, 0) is 75.3 Å². The van der Waals surface area contributed by atoms with Gasteiger partial charge in [-0.25, -0.2) is 0 Å². The van der Waals surface area contributed by atoms with Crippen LogP contribution in [0.15, 0.2) is 24.3 Å². The van der Waals surface area contributed by atoms with Crippen molar-refractivity contribution in [1.29, 1.82) is 0 Å². The largest absolute Gasteiger partial charge is 0.494 e. The second-order valence-corrected chi connectivity index (χ2v) is 6.54. The molecule has 23 heavy (non-hydrogen) atoms. The van der Waals surface area contributed by atoms with Gasteiger partial charge < -0.3 is 15.0 Å². The Balaban J connectivity index is 1.52. The quantitative estimate of drug-likeness (QED) is 0.823. The zero-order valence-corrected chi connectivity index (χ0v) is 14.2. The van der Waals surface area contributed by atoms with Crippen molar-refractivity contribution < 1.29 is 9.53 Å². The van der Waals surface area contributed by atoms with Crippen molar-refractivity contribution in [3.05, 3.63) is 29.8 Å². The minimum absolute atomic E-state index is 0.188. The number of rotatable bonds is 4. The van der Waals surface area contributed by atoms with Gasteiger partial charge in [-0.1, -0.05) is 0 Å². The summed E-state index contributed by atoms with van der Waals surface area (Å²) >= 11 is 5.31. The van der Waals surface area contributed by atoms with Gasteiger partial charge in [-0.2, -0.15) is 0 Å². The number of hydrogen-bond donors (Lipinski definition) is 2. The van der Waals surface area contributed by atoms with E-state index in [-0.39, 0.29) is 5.91 Å². The molecule has 3 heterocycles. The van der Waals surface area contributed by atoms with Crippen LogP contribution in [-0.2, 0) is 0 Å². The zero-order valence-electron chi connectivity index (χ0n) is 13.4. The van der Waals surface area contributed by atoms with E-state index >= 15 is 0 Å². The Kier molecular flexibility index (Phi) is 5.13. The molecule has 0 spiro atoms. The lowest BCUT2D eigenvalue weighted by Gasteiger charge is -2.45. The molecule has 1 unspecified atom stereocenters. The van der Waals surface area contributed by atoms with Gasteiger partial charge in [0.2, 0.25) is 0 Å². The summed E-state index contributed by atoms with van der Waals surface area (Å²) in [7, 11) is 0. The number of nitrogens with zero attached hydrogens (tertiary/aromatic N) is 1. The summed E-state index contributed by atoms with van der Waals surface area (Å²) in [6.45, 7) is 5.93. The zero-order chi connectivity index (χ0) is 16.2. The maximum absolute atomic E-state index is 12.2. The molecule has 4 rings (SSSR count). The number of carbonyl (C=O) groups is 1. The predicted octanol–water partition coefficient (Wildman–Crippen LogP) is 1.78. The molecule has 1 aromatic carbocycles. The summed E-state index contributed by atoms with van der Waals surface area (Å²) in [5.41, 5.74) is 0.575. The molecule has 3 fully saturated rings. The number of piperidine rings is 3. The van der Waals surface area contributed by atoms with E-state index in [1.807, 2.05) is 6.92 Å². The van der Waals surface area contributed by atoms with Crippen molar-refractivity contribution in [2.24, 2.45) is 5.92 Å². The molecular weight excluding hydrogens is 310 g/mol. The molecule has 2 N–H and O–H groups in total. The van der Waals surface area contributed by atoms with Crippen LogP contribution in [0.3, 0.4) is 0 Å². The van der Waals surface area contributed by atoms with E-state index in [1.54, 1.807) is 24.3 Å². The monoisotopic (exact) mass is 333 g/mol. The Morgan fingerprint density at radius 2 is 2.00 bits per heavy atom. The normalized spacial score (nSPS) is 25.7. The fourth-order valence-corrected chi connectivity index (χ4v) is 3.62. The molecular formula is C17H23N3O2S. The van der Waals surface area contributed by atoms with Crippen molar-refractivity contribution in [2.75, 3.05) is 26.2 Å². The van der Waals surface area contributed by atoms with E-state index in [1.165, 1.54) is 25.9 Å². The Morgan fingerprint density at radius 1 is 1.30 bits per heavy atom. The van der Waals surface area contributed by atoms with Crippen LogP contribution in [0.25, 0.3) is 0 Å². The van der Waals surface area contributed by atoms with Crippen molar-refractivity contribution in [1.82, 2.24) is 15.5 Å². The first-order chi connectivity index (χ1) is 11.2. The SMILES string of the molecule is CCOc1ccc(C(=O)NC(=S)NC2CN3CCC2CC3)cc1. The molecule has 0 saturated carbocycles. The lowest BCUT2D eigenvalue weighted by molar-refractivity contribution is 0.0807. The highest BCUT2D eigenvalue weighted by molar-refractivity contribution is 7.80. The van der Waals surface area contributed by atoms with Gasteiger partial charge in [0.1, 0.15) is 5.75 Å². The van der Waals surface area contributed by atoms with Gasteiger partial charge in [0.15, 0.2) is 5.11 Å². The molecule has 3 aliphatic heterocycles. The Hall–Kier alpha value is -1.66. The Bertz CT molecular complexity index is 568. The van der Waals surface area contributed by atoms with E-state index in [0.29, 0.717) is 29.2 Å². The highest BCUT2D eigenvalue weighted by Crippen LogP contribution is 2.27. The van der Waals surface area contributed by atoms with E-state index in [4.69, 9.17) is 17.0 Å². The number of benzene rings is 1. The molecule has 0 radical (unpaired) electrons. The van der Waals surface area contributed by atoms with Crippen LogP contribution in [0.4, 0.5) is 0 Å². The lowest BCUT2D eigenvalue weighted by atomic mass is 9.84. The van der Waals surface area contributed by atoms with Crippen LogP contribution in [-0.4, -0.2) is 48.2 Å². The summed E-state index contributed by atoms with van der Waals surface area (Å²) < 4.78 is 5.38. The van der Waals surface area contributed by atoms with E-state index in [2.05, 4.69) is 15.5 Å². The number of amides is 1. The van der Waals surface area contributed by atoms with Crippen molar-refractivity contribution in [3.63, 3.8) is 0 Å².